The van der Waals surface area contributed by atoms with E-state index in [1.54, 1.807) is 19.2 Å². The van der Waals surface area contributed by atoms with E-state index in [0.29, 0.717) is 36.1 Å². The summed E-state index contributed by atoms with van der Waals surface area (Å²) in [6.45, 7) is 0.859. The van der Waals surface area contributed by atoms with Crippen LogP contribution in [-0.4, -0.2) is 7.11 Å². The maximum absolute atomic E-state index is 6.01. The van der Waals surface area contributed by atoms with E-state index in [4.69, 9.17) is 19.9 Å². The van der Waals surface area contributed by atoms with E-state index in [2.05, 4.69) is 0 Å². The lowest BCUT2D eigenvalue weighted by molar-refractivity contribution is 0.258. The van der Waals surface area contributed by atoms with E-state index < -0.39 is 0 Å². The van der Waals surface area contributed by atoms with Crippen LogP contribution in [0.15, 0.2) is 72.8 Å². The molecule has 0 unspecified atom stereocenters. The fraction of sp³-hybridized carbons (Fsp3) is 0.143. The molecule has 0 saturated heterocycles. The van der Waals surface area contributed by atoms with Crippen molar-refractivity contribution in [3.63, 3.8) is 0 Å². The Kier molecular flexibility index (Phi) is 5.42. The van der Waals surface area contributed by atoms with Gasteiger partial charge in [-0.2, -0.15) is 0 Å². The second-order valence-electron chi connectivity index (χ2n) is 5.60. The van der Waals surface area contributed by atoms with Crippen LogP contribution in [0.5, 0.6) is 17.2 Å². The van der Waals surface area contributed by atoms with E-state index >= 15 is 0 Å². The summed E-state index contributed by atoms with van der Waals surface area (Å²) in [5.74, 6) is 1.67. The lowest BCUT2D eigenvalue weighted by Crippen LogP contribution is -2.02. The molecule has 0 heterocycles. The summed E-state index contributed by atoms with van der Waals surface area (Å²) >= 11 is 0. The zero-order valence-electron chi connectivity index (χ0n) is 14.1. The number of methoxy groups -OCH3 is 1. The van der Waals surface area contributed by atoms with Crippen LogP contribution in [0.25, 0.3) is 0 Å². The average Bonchev–Trinajstić information content (AvgIpc) is 2.66. The molecule has 3 rings (SSSR count). The molecule has 3 aromatic carbocycles. The standard InChI is InChI=1S/C21H21NO3/c1-23-21-19(24-14-16-8-4-2-5-9-16)12-18(22)13-20(21)25-15-17-10-6-3-7-11-17/h2-13H,14-15,22H2,1H3. The Bertz CT molecular complexity index is 739. The Morgan fingerprint density at radius 1 is 0.720 bits per heavy atom. The summed E-state index contributed by atoms with van der Waals surface area (Å²) in [6, 6.07) is 23.4. The van der Waals surface area contributed by atoms with Gasteiger partial charge in [-0.05, 0) is 11.1 Å². The highest BCUT2D eigenvalue weighted by Gasteiger charge is 2.14. The monoisotopic (exact) mass is 335 g/mol. The fourth-order valence-corrected chi connectivity index (χ4v) is 2.48. The van der Waals surface area contributed by atoms with Crippen LogP contribution >= 0.6 is 0 Å². The van der Waals surface area contributed by atoms with Gasteiger partial charge in [-0.25, -0.2) is 0 Å². The van der Waals surface area contributed by atoms with Gasteiger partial charge in [0, 0.05) is 17.8 Å². The van der Waals surface area contributed by atoms with E-state index in [9.17, 15) is 0 Å². The van der Waals surface area contributed by atoms with Gasteiger partial charge >= 0.3 is 0 Å². The molecule has 4 heteroatoms. The quantitative estimate of drug-likeness (QED) is 0.649. The summed E-state index contributed by atoms with van der Waals surface area (Å²) in [5.41, 5.74) is 8.70. The minimum Gasteiger partial charge on any atom is -0.490 e. The van der Waals surface area contributed by atoms with Crippen molar-refractivity contribution in [1.29, 1.82) is 0 Å². The SMILES string of the molecule is COc1c(OCc2ccccc2)cc(N)cc1OCc1ccccc1. The third kappa shape index (κ3) is 4.44. The van der Waals surface area contributed by atoms with Gasteiger partial charge in [0.2, 0.25) is 5.75 Å². The van der Waals surface area contributed by atoms with Crippen molar-refractivity contribution in [3.05, 3.63) is 83.9 Å². The summed E-state index contributed by atoms with van der Waals surface area (Å²) in [4.78, 5) is 0. The zero-order valence-corrected chi connectivity index (χ0v) is 14.1. The van der Waals surface area contributed by atoms with Gasteiger partial charge in [0.25, 0.3) is 0 Å². The lowest BCUT2D eigenvalue weighted by Gasteiger charge is -2.16. The molecule has 0 amide bonds. The fourth-order valence-electron chi connectivity index (χ4n) is 2.48. The predicted molar refractivity (Wildman–Crippen MR) is 99.0 cm³/mol. The maximum Gasteiger partial charge on any atom is 0.203 e. The molecule has 0 fully saturated rings. The molecule has 0 aliphatic rings. The number of rotatable bonds is 7. The Hall–Kier alpha value is -3.14. The summed E-state index contributed by atoms with van der Waals surface area (Å²) < 4.78 is 17.3. The van der Waals surface area contributed by atoms with Crippen LogP contribution in [0.4, 0.5) is 5.69 Å². The van der Waals surface area contributed by atoms with Crippen LogP contribution in [0.3, 0.4) is 0 Å². The number of anilines is 1. The first-order chi connectivity index (χ1) is 12.3. The molecular formula is C21H21NO3. The number of hydrogen-bond donors (Lipinski definition) is 1. The molecule has 25 heavy (non-hydrogen) atoms. The third-order valence-corrected chi connectivity index (χ3v) is 3.72. The molecular weight excluding hydrogens is 314 g/mol. The normalized spacial score (nSPS) is 10.3. The van der Waals surface area contributed by atoms with Gasteiger partial charge in [-0.15, -0.1) is 0 Å². The molecule has 0 aliphatic carbocycles. The second kappa shape index (κ2) is 8.11. The Balaban J connectivity index is 1.77. The van der Waals surface area contributed by atoms with Gasteiger partial charge in [-0.1, -0.05) is 60.7 Å². The highest BCUT2D eigenvalue weighted by atomic mass is 16.5. The van der Waals surface area contributed by atoms with Crippen molar-refractivity contribution in [2.75, 3.05) is 12.8 Å². The minimum atomic E-state index is 0.429. The molecule has 4 nitrogen and oxygen atoms in total. The summed E-state index contributed by atoms with van der Waals surface area (Å²) in [6.07, 6.45) is 0. The van der Waals surface area contributed by atoms with Gasteiger partial charge in [0.05, 0.1) is 7.11 Å². The van der Waals surface area contributed by atoms with Gasteiger partial charge in [0.1, 0.15) is 13.2 Å². The number of nitrogens with two attached hydrogens (primary N) is 1. The molecule has 128 valence electrons. The predicted octanol–water partition coefficient (Wildman–Crippen LogP) is 4.44. The molecule has 2 N–H and O–H groups in total. The first-order valence-corrected chi connectivity index (χ1v) is 8.07. The van der Waals surface area contributed by atoms with E-state index in [0.717, 1.165) is 11.1 Å². The van der Waals surface area contributed by atoms with E-state index in [1.165, 1.54) is 0 Å². The van der Waals surface area contributed by atoms with E-state index in [1.807, 2.05) is 60.7 Å². The molecule has 0 spiro atoms. The van der Waals surface area contributed by atoms with Gasteiger partial charge < -0.3 is 19.9 Å². The van der Waals surface area contributed by atoms with Crippen molar-refractivity contribution in [3.8, 4) is 17.2 Å². The average molecular weight is 335 g/mol. The lowest BCUT2D eigenvalue weighted by atomic mass is 10.2. The molecule has 0 saturated carbocycles. The van der Waals surface area contributed by atoms with Gasteiger partial charge in [0.15, 0.2) is 11.5 Å². The van der Waals surface area contributed by atoms with Gasteiger partial charge in [-0.3, -0.25) is 0 Å². The maximum atomic E-state index is 6.01. The summed E-state index contributed by atoms with van der Waals surface area (Å²) in [5, 5.41) is 0. The molecule has 0 radical (unpaired) electrons. The number of hydrogen-bond acceptors (Lipinski definition) is 4. The van der Waals surface area contributed by atoms with Crippen LogP contribution in [0.2, 0.25) is 0 Å². The Morgan fingerprint density at radius 2 is 1.16 bits per heavy atom. The number of benzene rings is 3. The summed E-state index contributed by atoms with van der Waals surface area (Å²) in [7, 11) is 1.59. The van der Waals surface area contributed by atoms with Crippen molar-refractivity contribution in [2.24, 2.45) is 0 Å². The molecule has 3 aromatic rings. The topological polar surface area (TPSA) is 53.7 Å². The zero-order chi connectivity index (χ0) is 17.5. The van der Waals surface area contributed by atoms with Crippen molar-refractivity contribution in [2.45, 2.75) is 13.2 Å². The van der Waals surface area contributed by atoms with Crippen molar-refractivity contribution in [1.82, 2.24) is 0 Å². The number of nitrogen functional groups attached to an aromatic ring is 1. The van der Waals surface area contributed by atoms with Crippen LogP contribution < -0.4 is 19.9 Å². The Morgan fingerprint density at radius 3 is 1.56 bits per heavy atom. The highest BCUT2D eigenvalue weighted by Crippen LogP contribution is 2.40. The molecule has 0 atom stereocenters. The first kappa shape index (κ1) is 16.7. The largest absolute Gasteiger partial charge is 0.490 e. The number of ether oxygens (including phenoxy) is 3. The van der Waals surface area contributed by atoms with Crippen LogP contribution in [0.1, 0.15) is 11.1 Å². The Labute approximate surface area is 147 Å². The van der Waals surface area contributed by atoms with Crippen LogP contribution in [0, 0.1) is 0 Å². The highest BCUT2D eigenvalue weighted by molar-refractivity contribution is 5.60. The van der Waals surface area contributed by atoms with E-state index in [-0.39, 0.29) is 0 Å². The molecule has 0 aromatic heterocycles. The minimum absolute atomic E-state index is 0.429. The second-order valence-corrected chi connectivity index (χ2v) is 5.60. The van der Waals surface area contributed by atoms with Crippen molar-refractivity contribution < 1.29 is 14.2 Å². The third-order valence-electron chi connectivity index (χ3n) is 3.72. The van der Waals surface area contributed by atoms with Crippen LogP contribution in [-0.2, 0) is 13.2 Å². The smallest absolute Gasteiger partial charge is 0.203 e. The van der Waals surface area contributed by atoms with Crippen molar-refractivity contribution >= 4 is 5.69 Å². The first-order valence-electron chi connectivity index (χ1n) is 8.07. The molecule has 0 bridgehead atoms. The molecule has 0 aliphatic heterocycles.